The van der Waals surface area contributed by atoms with Crippen molar-refractivity contribution in [3.63, 3.8) is 0 Å². The SMILES string of the molecule is Cc1c(NC(=O)Nc2ccc(OCCC3CCCOC3)c3ccccc23)cc(C(C)(C)C)nc1Cl. The molecule has 0 bridgehead atoms. The number of rotatable bonds is 6. The van der Waals surface area contributed by atoms with Crippen molar-refractivity contribution in [2.45, 2.75) is 52.4 Å². The minimum Gasteiger partial charge on any atom is -0.493 e. The van der Waals surface area contributed by atoms with Crippen molar-refractivity contribution in [2.75, 3.05) is 30.5 Å². The summed E-state index contributed by atoms with van der Waals surface area (Å²) in [5.41, 5.74) is 2.70. The van der Waals surface area contributed by atoms with Crippen LogP contribution in [0.4, 0.5) is 16.2 Å². The van der Waals surface area contributed by atoms with Crippen LogP contribution < -0.4 is 15.4 Å². The van der Waals surface area contributed by atoms with Gasteiger partial charge in [-0.2, -0.15) is 0 Å². The van der Waals surface area contributed by atoms with Crippen molar-refractivity contribution < 1.29 is 14.3 Å². The second kappa shape index (κ2) is 10.8. The smallest absolute Gasteiger partial charge is 0.323 e. The third-order valence-electron chi connectivity index (χ3n) is 6.40. The molecule has 1 saturated heterocycles. The molecule has 186 valence electrons. The van der Waals surface area contributed by atoms with Crippen LogP contribution in [0, 0.1) is 12.8 Å². The summed E-state index contributed by atoms with van der Waals surface area (Å²) in [6.45, 7) is 10.4. The van der Waals surface area contributed by atoms with Gasteiger partial charge in [-0.1, -0.05) is 56.6 Å². The van der Waals surface area contributed by atoms with Crippen LogP contribution in [0.2, 0.25) is 5.15 Å². The number of nitrogens with zero attached hydrogens (tertiary/aromatic N) is 1. The average Bonchev–Trinajstić information content (AvgIpc) is 2.83. The van der Waals surface area contributed by atoms with Gasteiger partial charge in [0, 0.05) is 40.7 Å². The number of carbonyl (C=O) groups is 1. The second-order valence-corrected chi connectivity index (χ2v) is 10.5. The maximum absolute atomic E-state index is 13.0. The number of hydrogen-bond acceptors (Lipinski definition) is 4. The van der Waals surface area contributed by atoms with Crippen molar-refractivity contribution in [3.05, 3.63) is 58.9 Å². The van der Waals surface area contributed by atoms with Crippen LogP contribution in [-0.4, -0.2) is 30.8 Å². The molecule has 3 aromatic rings. The van der Waals surface area contributed by atoms with Gasteiger partial charge in [0.15, 0.2) is 0 Å². The molecule has 0 saturated carbocycles. The molecule has 1 aliphatic rings. The number of carbonyl (C=O) groups excluding carboxylic acids is 1. The number of hydrogen-bond donors (Lipinski definition) is 2. The normalized spacial score (nSPS) is 16.2. The summed E-state index contributed by atoms with van der Waals surface area (Å²) in [7, 11) is 0. The van der Waals surface area contributed by atoms with Crippen molar-refractivity contribution in [2.24, 2.45) is 5.92 Å². The Kier molecular flexibility index (Phi) is 7.82. The van der Waals surface area contributed by atoms with Gasteiger partial charge in [0.05, 0.1) is 18.0 Å². The highest BCUT2D eigenvalue weighted by Crippen LogP contribution is 2.33. The third-order valence-corrected chi connectivity index (χ3v) is 6.77. The molecule has 1 unspecified atom stereocenters. The topological polar surface area (TPSA) is 72.5 Å². The molecular weight excluding hydrogens is 462 g/mol. The summed E-state index contributed by atoms with van der Waals surface area (Å²) >= 11 is 6.35. The standard InChI is InChI=1S/C28H34ClN3O3/c1-18-23(16-25(28(2,3)4)32-26(18)29)31-27(33)30-22-11-12-24(21-10-6-5-9-20(21)22)35-15-13-19-8-7-14-34-17-19/h5-6,9-12,16,19H,7-8,13-15,17H2,1-4H3,(H2,30,31,32,33). The Morgan fingerprint density at radius 1 is 1.14 bits per heavy atom. The van der Waals surface area contributed by atoms with Crippen LogP contribution in [0.3, 0.4) is 0 Å². The number of halogens is 1. The summed E-state index contributed by atoms with van der Waals surface area (Å²) in [6.07, 6.45) is 3.29. The molecule has 1 aromatic heterocycles. The minimum absolute atomic E-state index is 0.194. The van der Waals surface area contributed by atoms with Crippen molar-refractivity contribution >= 4 is 39.8 Å². The molecule has 2 N–H and O–H groups in total. The van der Waals surface area contributed by atoms with Crippen molar-refractivity contribution in [1.29, 1.82) is 0 Å². The molecule has 0 aliphatic carbocycles. The molecule has 6 nitrogen and oxygen atoms in total. The minimum atomic E-state index is -0.341. The molecule has 1 fully saturated rings. The zero-order valence-corrected chi connectivity index (χ0v) is 21.7. The van der Waals surface area contributed by atoms with E-state index in [2.05, 4.69) is 36.4 Å². The highest BCUT2D eigenvalue weighted by molar-refractivity contribution is 6.30. The molecule has 2 aromatic carbocycles. The summed E-state index contributed by atoms with van der Waals surface area (Å²) in [5, 5.41) is 8.20. The monoisotopic (exact) mass is 495 g/mol. The van der Waals surface area contributed by atoms with Gasteiger partial charge in [0.1, 0.15) is 10.9 Å². The Labute approximate surface area is 212 Å². The number of aromatic nitrogens is 1. The van der Waals surface area contributed by atoms with Crippen LogP contribution >= 0.6 is 11.6 Å². The average molecular weight is 496 g/mol. The van der Waals surface area contributed by atoms with Crippen LogP contribution in [0.5, 0.6) is 5.75 Å². The van der Waals surface area contributed by atoms with Gasteiger partial charge in [-0.25, -0.2) is 9.78 Å². The fourth-order valence-corrected chi connectivity index (χ4v) is 4.44. The molecule has 1 aliphatic heterocycles. The lowest BCUT2D eigenvalue weighted by molar-refractivity contribution is 0.0463. The molecule has 0 radical (unpaired) electrons. The summed E-state index contributed by atoms with van der Waals surface area (Å²) in [5.74, 6) is 1.37. The molecule has 4 rings (SSSR count). The van der Waals surface area contributed by atoms with Crippen molar-refractivity contribution in [1.82, 2.24) is 4.98 Å². The summed E-state index contributed by atoms with van der Waals surface area (Å²) in [4.78, 5) is 17.4. The highest BCUT2D eigenvalue weighted by atomic mass is 35.5. The highest BCUT2D eigenvalue weighted by Gasteiger charge is 2.20. The van der Waals surface area contributed by atoms with E-state index in [0.717, 1.165) is 53.8 Å². The first-order chi connectivity index (χ1) is 16.7. The van der Waals surface area contributed by atoms with Crippen LogP contribution in [0.1, 0.15) is 51.3 Å². The lowest BCUT2D eigenvalue weighted by atomic mass is 9.91. The quantitative estimate of drug-likeness (QED) is 0.351. The molecule has 2 heterocycles. The number of pyridine rings is 1. The predicted octanol–water partition coefficient (Wildman–Crippen LogP) is 7.33. The van der Waals surface area contributed by atoms with E-state index in [1.165, 1.54) is 6.42 Å². The Balaban J connectivity index is 1.48. The zero-order chi connectivity index (χ0) is 25.0. The molecular formula is C28H34ClN3O3. The molecule has 2 amide bonds. The van der Waals surface area contributed by atoms with Gasteiger partial charge in [0.25, 0.3) is 0 Å². The third kappa shape index (κ3) is 6.24. The Morgan fingerprint density at radius 2 is 1.89 bits per heavy atom. The fourth-order valence-electron chi connectivity index (χ4n) is 4.24. The Morgan fingerprint density at radius 3 is 2.60 bits per heavy atom. The van der Waals surface area contributed by atoms with Crippen LogP contribution in [-0.2, 0) is 10.2 Å². The fraction of sp³-hybridized carbons (Fsp3) is 0.429. The lowest BCUT2D eigenvalue weighted by Crippen LogP contribution is -2.22. The summed E-state index contributed by atoms with van der Waals surface area (Å²) in [6, 6.07) is 13.3. The van der Waals surface area contributed by atoms with Crippen LogP contribution in [0.25, 0.3) is 10.8 Å². The maximum atomic E-state index is 13.0. The molecule has 1 atom stereocenters. The van der Waals surface area contributed by atoms with Gasteiger partial charge >= 0.3 is 6.03 Å². The van der Waals surface area contributed by atoms with E-state index in [-0.39, 0.29) is 11.4 Å². The van der Waals surface area contributed by atoms with Gasteiger partial charge in [-0.15, -0.1) is 0 Å². The zero-order valence-electron chi connectivity index (χ0n) is 20.9. The number of urea groups is 1. The number of amides is 2. The van der Waals surface area contributed by atoms with E-state index in [1.54, 1.807) is 0 Å². The number of nitrogens with one attached hydrogen (secondary N) is 2. The van der Waals surface area contributed by atoms with Gasteiger partial charge in [0.2, 0.25) is 0 Å². The Hall–Kier alpha value is -2.83. The number of ether oxygens (including phenoxy) is 2. The second-order valence-electron chi connectivity index (χ2n) is 10.2. The van der Waals surface area contributed by atoms with Gasteiger partial charge in [-0.05, 0) is 50.3 Å². The van der Waals surface area contributed by atoms with E-state index in [4.69, 9.17) is 21.1 Å². The molecule has 35 heavy (non-hydrogen) atoms. The number of fused-ring (bicyclic) bond motifs is 1. The lowest BCUT2D eigenvalue weighted by Gasteiger charge is -2.22. The van der Waals surface area contributed by atoms with E-state index in [9.17, 15) is 4.79 Å². The van der Waals surface area contributed by atoms with Crippen molar-refractivity contribution in [3.8, 4) is 5.75 Å². The first-order valence-electron chi connectivity index (χ1n) is 12.2. The van der Waals surface area contributed by atoms with Gasteiger partial charge in [-0.3, -0.25) is 0 Å². The first kappa shape index (κ1) is 25.3. The van der Waals surface area contributed by atoms with E-state index in [1.807, 2.05) is 49.4 Å². The molecule has 0 spiro atoms. The van der Waals surface area contributed by atoms with E-state index in [0.29, 0.717) is 29.1 Å². The maximum Gasteiger partial charge on any atom is 0.323 e. The van der Waals surface area contributed by atoms with E-state index < -0.39 is 0 Å². The van der Waals surface area contributed by atoms with Crippen LogP contribution in [0.15, 0.2) is 42.5 Å². The molecule has 7 heteroatoms. The summed E-state index contributed by atoms with van der Waals surface area (Å²) < 4.78 is 11.7. The largest absolute Gasteiger partial charge is 0.493 e. The number of benzene rings is 2. The predicted molar refractivity (Wildman–Crippen MR) is 143 cm³/mol. The first-order valence-corrected chi connectivity index (χ1v) is 12.6. The van der Waals surface area contributed by atoms with E-state index >= 15 is 0 Å². The van der Waals surface area contributed by atoms with Gasteiger partial charge < -0.3 is 20.1 Å². The number of anilines is 2. The Bertz CT molecular complexity index is 1200.